The van der Waals surface area contributed by atoms with Crippen LogP contribution in [0.5, 0.6) is 5.75 Å². The van der Waals surface area contributed by atoms with Crippen molar-refractivity contribution in [2.45, 2.75) is 36.6 Å². The molecule has 204 valence electrons. The summed E-state index contributed by atoms with van der Waals surface area (Å²) in [5.41, 5.74) is 0.969. The molecule has 0 aliphatic rings. The second kappa shape index (κ2) is 11.9. The Morgan fingerprint density at radius 2 is 1.50 bits per heavy atom. The SMILES string of the molecule is COc1ccc(S(=O)(=O)NC(C)C)cc1NC(=O)CN(c1cc(Cl)cc(Cl)c1)S(=O)(=O)c1ccc(C)cc1. The predicted octanol–water partition coefficient (Wildman–Crippen LogP) is 4.83. The molecule has 0 unspecified atom stereocenters. The molecule has 0 fully saturated rings. The smallest absolute Gasteiger partial charge is 0.264 e. The summed E-state index contributed by atoms with van der Waals surface area (Å²) in [4.78, 5) is 13.1. The average molecular weight is 601 g/mol. The highest BCUT2D eigenvalue weighted by atomic mass is 35.5. The zero-order valence-corrected chi connectivity index (χ0v) is 24.2. The fourth-order valence-electron chi connectivity index (χ4n) is 3.49. The van der Waals surface area contributed by atoms with Crippen LogP contribution in [0.15, 0.2) is 70.5 Å². The fourth-order valence-corrected chi connectivity index (χ4v) is 6.68. The zero-order chi connectivity index (χ0) is 28.3. The van der Waals surface area contributed by atoms with E-state index in [2.05, 4.69) is 10.0 Å². The van der Waals surface area contributed by atoms with E-state index in [9.17, 15) is 21.6 Å². The van der Waals surface area contributed by atoms with Crippen LogP contribution < -0.4 is 19.1 Å². The summed E-state index contributed by atoms with van der Waals surface area (Å²) in [5, 5.41) is 2.91. The van der Waals surface area contributed by atoms with Gasteiger partial charge in [0.1, 0.15) is 12.3 Å². The summed E-state index contributed by atoms with van der Waals surface area (Å²) >= 11 is 12.3. The summed E-state index contributed by atoms with van der Waals surface area (Å²) in [6, 6.07) is 13.9. The molecule has 0 heterocycles. The maximum Gasteiger partial charge on any atom is 0.264 e. The van der Waals surface area contributed by atoms with Crippen molar-refractivity contribution in [1.29, 1.82) is 0 Å². The van der Waals surface area contributed by atoms with E-state index in [1.54, 1.807) is 26.0 Å². The molecular formula is C25H27Cl2N3O6S2. The number of carbonyl (C=O) groups excluding carboxylic acids is 1. The number of aryl methyl sites for hydroxylation is 1. The number of ether oxygens (including phenoxy) is 1. The predicted molar refractivity (Wildman–Crippen MR) is 149 cm³/mol. The van der Waals surface area contributed by atoms with Crippen LogP contribution in [-0.2, 0) is 24.8 Å². The largest absolute Gasteiger partial charge is 0.495 e. The van der Waals surface area contributed by atoms with Crippen molar-refractivity contribution in [2.24, 2.45) is 0 Å². The Labute approximate surface area is 232 Å². The van der Waals surface area contributed by atoms with Gasteiger partial charge in [0, 0.05) is 16.1 Å². The number of sulfonamides is 2. The number of carbonyl (C=O) groups is 1. The number of halogens is 2. The van der Waals surface area contributed by atoms with Gasteiger partial charge in [0.15, 0.2) is 0 Å². The molecule has 3 aromatic rings. The Morgan fingerprint density at radius 1 is 0.921 bits per heavy atom. The van der Waals surface area contributed by atoms with Gasteiger partial charge in [0.25, 0.3) is 10.0 Å². The van der Waals surface area contributed by atoms with Gasteiger partial charge in [-0.15, -0.1) is 0 Å². The standard InChI is InChI=1S/C25H27Cl2N3O6S2/c1-16(2)29-37(32,33)22-9-10-24(36-4)23(14-22)28-25(31)15-30(20-12-18(26)11-19(27)13-20)38(34,35)21-7-5-17(3)6-8-21/h5-14,16,29H,15H2,1-4H3,(H,28,31). The molecule has 13 heteroatoms. The molecule has 0 spiro atoms. The molecule has 0 aliphatic carbocycles. The first-order valence-corrected chi connectivity index (χ1v) is 15.0. The van der Waals surface area contributed by atoms with Gasteiger partial charge in [-0.3, -0.25) is 9.10 Å². The van der Waals surface area contributed by atoms with Gasteiger partial charge in [-0.1, -0.05) is 40.9 Å². The monoisotopic (exact) mass is 599 g/mol. The molecular weight excluding hydrogens is 573 g/mol. The van der Waals surface area contributed by atoms with E-state index in [1.165, 1.54) is 55.6 Å². The first-order valence-electron chi connectivity index (χ1n) is 11.3. The highest BCUT2D eigenvalue weighted by Gasteiger charge is 2.28. The quantitative estimate of drug-likeness (QED) is 0.344. The maximum absolute atomic E-state index is 13.6. The van der Waals surface area contributed by atoms with Crippen molar-refractivity contribution in [3.63, 3.8) is 0 Å². The third-order valence-corrected chi connectivity index (χ3v) is 9.06. The number of nitrogens with zero attached hydrogens (tertiary/aromatic N) is 1. The second-order valence-electron chi connectivity index (χ2n) is 8.64. The highest BCUT2D eigenvalue weighted by Crippen LogP contribution is 2.31. The maximum atomic E-state index is 13.6. The summed E-state index contributed by atoms with van der Waals surface area (Å²) in [6.07, 6.45) is 0. The van der Waals surface area contributed by atoms with Crippen LogP contribution in [0.1, 0.15) is 19.4 Å². The van der Waals surface area contributed by atoms with Crippen molar-refractivity contribution in [3.05, 3.63) is 76.3 Å². The van der Waals surface area contributed by atoms with E-state index < -0.39 is 32.5 Å². The molecule has 0 aromatic heterocycles. The Hall–Kier alpha value is -2.83. The molecule has 0 bridgehead atoms. The molecule has 0 atom stereocenters. The van der Waals surface area contributed by atoms with Gasteiger partial charge in [-0.2, -0.15) is 0 Å². The summed E-state index contributed by atoms with van der Waals surface area (Å²) in [5.74, 6) is -0.581. The first kappa shape index (κ1) is 29.7. The second-order valence-corrected chi connectivity index (χ2v) is 13.1. The lowest BCUT2D eigenvalue weighted by molar-refractivity contribution is -0.114. The van der Waals surface area contributed by atoms with Crippen molar-refractivity contribution >= 4 is 60.5 Å². The molecule has 9 nitrogen and oxygen atoms in total. The first-order chi connectivity index (χ1) is 17.7. The van der Waals surface area contributed by atoms with Crippen molar-refractivity contribution < 1.29 is 26.4 Å². The molecule has 1 amide bonds. The van der Waals surface area contributed by atoms with E-state index in [4.69, 9.17) is 27.9 Å². The molecule has 38 heavy (non-hydrogen) atoms. The average Bonchev–Trinajstić information content (AvgIpc) is 2.81. The van der Waals surface area contributed by atoms with Crippen LogP contribution in [0.25, 0.3) is 0 Å². The van der Waals surface area contributed by atoms with Crippen LogP contribution in [-0.4, -0.2) is 42.4 Å². The van der Waals surface area contributed by atoms with E-state index >= 15 is 0 Å². The normalized spacial score (nSPS) is 11.9. The van der Waals surface area contributed by atoms with Crippen molar-refractivity contribution in [3.8, 4) is 5.75 Å². The Balaban J connectivity index is 2.01. The molecule has 3 rings (SSSR count). The third-order valence-electron chi connectivity index (χ3n) is 5.18. The van der Waals surface area contributed by atoms with E-state index in [-0.39, 0.29) is 43.0 Å². The van der Waals surface area contributed by atoms with Crippen molar-refractivity contribution in [1.82, 2.24) is 4.72 Å². The molecule has 0 saturated heterocycles. The molecule has 0 aliphatic heterocycles. The van der Waals surface area contributed by atoms with E-state index in [1.807, 2.05) is 6.92 Å². The van der Waals surface area contributed by atoms with Gasteiger partial charge in [0.2, 0.25) is 15.9 Å². The zero-order valence-electron chi connectivity index (χ0n) is 21.0. The number of anilines is 2. The van der Waals surface area contributed by atoms with Gasteiger partial charge < -0.3 is 10.1 Å². The van der Waals surface area contributed by atoms with Crippen LogP contribution in [0.4, 0.5) is 11.4 Å². The summed E-state index contributed by atoms with van der Waals surface area (Å²) in [6.45, 7) is 4.50. The lowest BCUT2D eigenvalue weighted by atomic mass is 10.2. The van der Waals surface area contributed by atoms with E-state index in [0.717, 1.165) is 9.87 Å². The number of rotatable bonds is 10. The van der Waals surface area contributed by atoms with Crippen LogP contribution in [0.3, 0.4) is 0 Å². The van der Waals surface area contributed by atoms with Crippen LogP contribution in [0.2, 0.25) is 10.0 Å². The number of nitrogens with one attached hydrogen (secondary N) is 2. The number of amides is 1. The Morgan fingerprint density at radius 3 is 2.05 bits per heavy atom. The minimum atomic E-state index is -4.23. The molecule has 0 saturated carbocycles. The van der Waals surface area contributed by atoms with Gasteiger partial charge in [-0.25, -0.2) is 21.6 Å². The lowest BCUT2D eigenvalue weighted by Crippen LogP contribution is -2.38. The number of hydrogen-bond acceptors (Lipinski definition) is 6. The Kier molecular flexibility index (Phi) is 9.32. The Bertz CT molecular complexity index is 1520. The highest BCUT2D eigenvalue weighted by molar-refractivity contribution is 7.92. The summed E-state index contributed by atoms with van der Waals surface area (Å²) < 4.78 is 61.1. The lowest BCUT2D eigenvalue weighted by Gasteiger charge is -2.25. The van der Waals surface area contributed by atoms with E-state index in [0.29, 0.717) is 0 Å². The molecule has 3 aromatic carbocycles. The van der Waals surface area contributed by atoms with Gasteiger partial charge >= 0.3 is 0 Å². The number of methoxy groups -OCH3 is 1. The molecule has 0 radical (unpaired) electrons. The number of hydrogen-bond donors (Lipinski definition) is 2. The topological polar surface area (TPSA) is 122 Å². The third kappa shape index (κ3) is 7.17. The summed E-state index contributed by atoms with van der Waals surface area (Å²) in [7, 11) is -6.75. The van der Waals surface area contributed by atoms with Gasteiger partial charge in [-0.05, 0) is 69.3 Å². The van der Waals surface area contributed by atoms with Crippen LogP contribution in [0, 0.1) is 6.92 Å². The minimum absolute atomic E-state index is 0.0425. The van der Waals surface area contributed by atoms with Crippen LogP contribution >= 0.6 is 23.2 Å². The van der Waals surface area contributed by atoms with Gasteiger partial charge in [0.05, 0.1) is 28.3 Å². The fraction of sp³-hybridized carbons (Fsp3) is 0.240. The van der Waals surface area contributed by atoms with Crippen molar-refractivity contribution in [2.75, 3.05) is 23.3 Å². The number of benzene rings is 3. The minimum Gasteiger partial charge on any atom is -0.495 e. The molecule has 2 N–H and O–H groups in total.